The van der Waals surface area contributed by atoms with E-state index < -0.39 is 0 Å². The van der Waals surface area contributed by atoms with E-state index in [2.05, 4.69) is 27.0 Å². The Morgan fingerprint density at radius 1 is 1.11 bits per heavy atom. The van der Waals surface area contributed by atoms with Crippen molar-refractivity contribution in [1.29, 1.82) is 0 Å². The van der Waals surface area contributed by atoms with Gasteiger partial charge in [-0.15, -0.1) is 0 Å². The molecule has 0 saturated carbocycles. The summed E-state index contributed by atoms with van der Waals surface area (Å²) in [5.74, 6) is 0. The summed E-state index contributed by atoms with van der Waals surface area (Å²) in [5, 5.41) is 0. The molecule has 98 valence electrons. The van der Waals surface area contributed by atoms with Crippen molar-refractivity contribution in [3.8, 4) is 0 Å². The standard InChI is InChI=1S/C15H17N3O/c1-2-14(16-7-1)12-17-13-3-5-15(6-4-13)18-8-10-19-11-9-18/h1-7,12,16H,8-11H2. The number of aromatic nitrogens is 1. The molecule has 0 aliphatic carbocycles. The van der Waals surface area contributed by atoms with Gasteiger partial charge in [-0.1, -0.05) is 0 Å². The van der Waals surface area contributed by atoms with Crippen LogP contribution in [0.25, 0.3) is 0 Å². The van der Waals surface area contributed by atoms with Crippen molar-refractivity contribution in [3.63, 3.8) is 0 Å². The van der Waals surface area contributed by atoms with Crippen LogP contribution in [0.4, 0.5) is 11.4 Å². The highest BCUT2D eigenvalue weighted by molar-refractivity contribution is 5.79. The van der Waals surface area contributed by atoms with Gasteiger partial charge in [0.05, 0.1) is 30.8 Å². The lowest BCUT2D eigenvalue weighted by molar-refractivity contribution is 0.122. The van der Waals surface area contributed by atoms with Crippen LogP contribution >= 0.6 is 0 Å². The summed E-state index contributed by atoms with van der Waals surface area (Å²) in [5.41, 5.74) is 3.21. The van der Waals surface area contributed by atoms with Crippen LogP contribution in [0.3, 0.4) is 0 Å². The second kappa shape index (κ2) is 5.71. The molecular weight excluding hydrogens is 238 g/mol. The van der Waals surface area contributed by atoms with Gasteiger partial charge >= 0.3 is 0 Å². The average molecular weight is 255 g/mol. The van der Waals surface area contributed by atoms with Gasteiger partial charge in [0, 0.05) is 25.0 Å². The molecule has 19 heavy (non-hydrogen) atoms. The van der Waals surface area contributed by atoms with Gasteiger partial charge in [-0.2, -0.15) is 0 Å². The van der Waals surface area contributed by atoms with Crippen molar-refractivity contribution in [2.45, 2.75) is 0 Å². The van der Waals surface area contributed by atoms with Crippen molar-refractivity contribution >= 4 is 17.6 Å². The molecule has 0 radical (unpaired) electrons. The third-order valence-corrected chi connectivity index (χ3v) is 3.20. The number of nitrogens with zero attached hydrogens (tertiary/aromatic N) is 2. The largest absolute Gasteiger partial charge is 0.378 e. The third kappa shape index (κ3) is 3.03. The van der Waals surface area contributed by atoms with Gasteiger partial charge in [-0.05, 0) is 36.4 Å². The van der Waals surface area contributed by atoms with Gasteiger partial charge in [0.25, 0.3) is 0 Å². The van der Waals surface area contributed by atoms with Crippen molar-refractivity contribution in [3.05, 3.63) is 48.3 Å². The van der Waals surface area contributed by atoms with E-state index in [4.69, 9.17) is 4.74 Å². The van der Waals surface area contributed by atoms with E-state index in [0.717, 1.165) is 37.7 Å². The number of nitrogens with one attached hydrogen (secondary N) is 1. The van der Waals surface area contributed by atoms with Gasteiger partial charge in [-0.25, -0.2) is 0 Å². The number of aromatic amines is 1. The van der Waals surface area contributed by atoms with Crippen LogP contribution in [-0.4, -0.2) is 37.5 Å². The number of hydrogen-bond donors (Lipinski definition) is 1. The summed E-state index contributed by atoms with van der Waals surface area (Å²) < 4.78 is 5.36. The normalized spacial score (nSPS) is 16.1. The molecule has 0 bridgehead atoms. The molecule has 1 aliphatic rings. The highest BCUT2D eigenvalue weighted by Gasteiger charge is 2.10. The number of hydrogen-bond acceptors (Lipinski definition) is 3. The molecule has 0 amide bonds. The second-order valence-electron chi connectivity index (χ2n) is 4.50. The van der Waals surface area contributed by atoms with E-state index in [9.17, 15) is 0 Å². The first-order valence-corrected chi connectivity index (χ1v) is 6.52. The molecule has 2 heterocycles. The zero-order chi connectivity index (χ0) is 12.9. The van der Waals surface area contributed by atoms with E-state index in [1.54, 1.807) is 0 Å². The highest BCUT2D eigenvalue weighted by Crippen LogP contribution is 2.20. The maximum atomic E-state index is 5.36. The number of H-pyrrole nitrogens is 1. The van der Waals surface area contributed by atoms with Crippen LogP contribution in [0, 0.1) is 0 Å². The zero-order valence-electron chi connectivity index (χ0n) is 10.7. The second-order valence-corrected chi connectivity index (χ2v) is 4.50. The SMILES string of the molecule is C(=Nc1ccc(N2CCOCC2)cc1)c1ccc[nH]1. The zero-order valence-corrected chi connectivity index (χ0v) is 10.7. The Kier molecular flexibility index (Phi) is 3.61. The summed E-state index contributed by atoms with van der Waals surface area (Å²) in [6.45, 7) is 3.55. The molecular formula is C15H17N3O. The fourth-order valence-corrected chi connectivity index (χ4v) is 2.14. The Balaban J connectivity index is 1.68. The molecule has 1 saturated heterocycles. The number of morpholine rings is 1. The van der Waals surface area contributed by atoms with Crippen molar-refractivity contribution < 1.29 is 4.74 Å². The van der Waals surface area contributed by atoms with Crippen LogP contribution in [-0.2, 0) is 4.74 Å². The fraction of sp³-hybridized carbons (Fsp3) is 0.267. The van der Waals surface area contributed by atoms with Crippen LogP contribution in [0.5, 0.6) is 0 Å². The summed E-state index contributed by atoms with van der Waals surface area (Å²) in [6.07, 6.45) is 3.73. The Bertz CT molecular complexity index is 525. The predicted molar refractivity (Wildman–Crippen MR) is 77.5 cm³/mol. The third-order valence-electron chi connectivity index (χ3n) is 3.20. The maximum absolute atomic E-state index is 5.36. The molecule has 1 aromatic carbocycles. The van der Waals surface area contributed by atoms with Crippen LogP contribution < -0.4 is 4.90 Å². The summed E-state index contributed by atoms with van der Waals surface area (Å²) in [7, 11) is 0. The lowest BCUT2D eigenvalue weighted by Gasteiger charge is -2.28. The van der Waals surface area contributed by atoms with Crippen molar-refractivity contribution in [2.24, 2.45) is 4.99 Å². The molecule has 0 unspecified atom stereocenters. The number of rotatable bonds is 3. The van der Waals surface area contributed by atoms with Crippen LogP contribution in [0.2, 0.25) is 0 Å². The van der Waals surface area contributed by atoms with E-state index >= 15 is 0 Å². The molecule has 1 aromatic heterocycles. The first-order valence-electron chi connectivity index (χ1n) is 6.52. The minimum Gasteiger partial charge on any atom is -0.378 e. The topological polar surface area (TPSA) is 40.6 Å². The Morgan fingerprint density at radius 2 is 1.89 bits per heavy atom. The summed E-state index contributed by atoms with van der Waals surface area (Å²) >= 11 is 0. The number of ether oxygens (including phenoxy) is 1. The molecule has 2 aromatic rings. The van der Waals surface area contributed by atoms with Crippen LogP contribution in [0.1, 0.15) is 5.69 Å². The van der Waals surface area contributed by atoms with Gasteiger partial charge in [0.1, 0.15) is 0 Å². The lowest BCUT2D eigenvalue weighted by Crippen LogP contribution is -2.36. The average Bonchev–Trinajstić information content (AvgIpc) is 3.00. The molecule has 0 spiro atoms. The van der Waals surface area contributed by atoms with Crippen LogP contribution in [0.15, 0.2) is 47.6 Å². The predicted octanol–water partition coefficient (Wildman–Crippen LogP) is 2.60. The van der Waals surface area contributed by atoms with E-state index in [1.807, 2.05) is 36.7 Å². The first kappa shape index (κ1) is 12.0. The Morgan fingerprint density at radius 3 is 2.58 bits per heavy atom. The van der Waals surface area contributed by atoms with Gasteiger partial charge < -0.3 is 14.6 Å². The molecule has 4 heteroatoms. The van der Waals surface area contributed by atoms with Crippen molar-refractivity contribution in [1.82, 2.24) is 4.98 Å². The van der Waals surface area contributed by atoms with Gasteiger partial charge in [0.15, 0.2) is 0 Å². The van der Waals surface area contributed by atoms with Gasteiger partial charge in [-0.3, -0.25) is 4.99 Å². The molecule has 0 atom stereocenters. The summed E-state index contributed by atoms with van der Waals surface area (Å²) in [6, 6.07) is 12.3. The Hall–Kier alpha value is -2.07. The Labute approximate surface area is 112 Å². The fourth-order valence-electron chi connectivity index (χ4n) is 2.14. The smallest absolute Gasteiger partial charge is 0.0642 e. The number of aliphatic imine (C=N–C) groups is 1. The van der Waals surface area contributed by atoms with E-state index in [0.29, 0.717) is 0 Å². The molecule has 1 N–H and O–H groups in total. The minimum absolute atomic E-state index is 0.812. The number of anilines is 1. The van der Waals surface area contributed by atoms with E-state index in [1.165, 1.54) is 5.69 Å². The quantitative estimate of drug-likeness (QED) is 0.856. The monoisotopic (exact) mass is 255 g/mol. The highest BCUT2D eigenvalue weighted by atomic mass is 16.5. The molecule has 4 nitrogen and oxygen atoms in total. The molecule has 1 aliphatic heterocycles. The maximum Gasteiger partial charge on any atom is 0.0642 e. The first-order chi connectivity index (χ1) is 9.42. The minimum atomic E-state index is 0.812. The van der Waals surface area contributed by atoms with E-state index in [-0.39, 0.29) is 0 Å². The molecule has 1 fully saturated rings. The number of benzene rings is 1. The molecule has 3 rings (SSSR count). The lowest BCUT2D eigenvalue weighted by atomic mass is 10.2. The summed E-state index contributed by atoms with van der Waals surface area (Å²) in [4.78, 5) is 9.87. The van der Waals surface area contributed by atoms with Crippen molar-refractivity contribution in [2.75, 3.05) is 31.2 Å². The van der Waals surface area contributed by atoms with Gasteiger partial charge in [0.2, 0.25) is 0 Å².